The van der Waals surface area contributed by atoms with E-state index in [4.69, 9.17) is 68.2 Å². The first-order chi connectivity index (χ1) is 9.81. The summed E-state index contributed by atoms with van der Waals surface area (Å²) in [7, 11) is 0. The lowest BCUT2D eigenvalue weighted by Crippen LogP contribution is -2.29. The third kappa shape index (κ3) is 6.55. The number of aromatic hydroxyl groups is 1. The van der Waals surface area contributed by atoms with Crippen LogP contribution in [0.5, 0.6) is 5.75 Å². The molecule has 0 saturated heterocycles. The Bertz CT molecular complexity index is 348. The molecule has 9 heteroatoms. The summed E-state index contributed by atoms with van der Waals surface area (Å²) in [4.78, 5) is 1.99. The van der Waals surface area contributed by atoms with Gasteiger partial charge in [-0.2, -0.15) is 0 Å². The zero-order valence-corrected chi connectivity index (χ0v) is 15.0. The van der Waals surface area contributed by atoms with Crippen molar-refractivity contribution in [3.63, 3.8) is 0 Å². The zero-order valence-electron chi connectivity index (χ0n) is 11.2. The van der Waals surface area contributed by atoms with Crippen LogP contribution in [0.4, 0.5) is 0 Å². The van der Waals surface area contributed by atoms with Crippen LogP contribution in [0.2, 0.25) is 25.1 Å². The lowest BCUT2D eigenvalue weighted by molar-refractivity contribution is 0.166. The van der Waals surface area contributed by atoms with Crippen LogP contribution >= 0.6 is 58.0 Å². The monoisotopic (exact) mass is 397 g/mol. The Hall–Kier alpha value is 0.350. The number of phenolic OH excluding ortho intramolecular Hbond substituents is 1. The number of halogens is 5. The largest absolute Gasteiger partial charge is 0.505 e. The molecule has 0 aliphatic rings. The molecule has 0 aliphatic carbocycles. The van der Waals surface area contributed by atoms with Crippen molar-refractivity contribution in [3.8, 4) is 5.75 Å². The van der Waals surface area contributed by atoms with Crippen LogP contribution in [-0.2, 0) is 0 Å². The standard InChI is InChI=1S/C6HCl5O.C6H15NO2/c7-1-2(8)4(10)6(12)5(11)3(1)9;1-2-7(3-5-8)4-6-9/h12H;8-9H,2-6H2,1H3. The molecule has 0 bridgehead atoms. The zero-order chi connectivity index (χ0) is 16.6. The van der Waals surface area contributed by atoms with E-state index >= 15 is 0 Å². The molecular formula is C12H16Cl5NO3. The molecular weight excluding hydrogens is 383 g/mol. The average molecular weight is 400 g/mol. The predicted molar refractivity (Wildman–Crippen MR) is 89.4 cm³/mol. The van der Waals surface area contributed by atoms with Gasteiger partial charge in [0.2, 0.25) is 0 Å². The second kappa shape index (κ2) is 11.0. The van der Waals surface area contributed by atoms with Crippen LogP contribution in [0.25, 0.3) is 0 Å². The molecule has 0 spiro atoms. The number of hydrogen-bond donors (Lipinski definition) is 3. The minimum Gasteiger partial charge on any atom is -0.505 e. The quantitative estimate of drug-likeness (QED) is 0.518. The maximum atomic E-state index is 9.20. The minimum atomic E-state index is -0.363. The Labute approximate surface area is 148 Å². The van der Waals surface area contributed by atoms with Crippen molar-refractivity contribution < 1.29 is 15.3 Å². The van der Waals surface area contributed by atoms with Crippen molar-refractivity contribution in [2.45, 2.75) is 6.92 Å². The smallest absolute Gasteiger partial charge is 0.155 e. The number of rotatable bonds is 5. The summed E-state index contributed by atoms with van der Waals surface area (Å²) in [5, 5.41) is 26.0. The van der Waals surface area contributed by atoms with Gasteiger partial charge in [0.05, 0.1) is 28.3 Å². The minimum absolute atomic E-state index is 0.00904. The molecule has 3 N–H and O–H groups in total. The lowest BCUT2D eigenvalue weighted by atomic mass is 10.3. The molecule has 0 atom stereocenters. The third-order valence-corrected chi connectivity index (χ3v) is 4.72. The van der Waals surface area contributed by atoms with Crippen LogP contribution in [0, 0.1) is 0 Å². The fraction of sp³-hybridized carbons (Fsp3) is 0.500. The fourth-order valence-electron chi connectivity index (χ4n) is 1.30. The van der Waals surface area contributed by atoms with Crippen molar-refractivity contribution in [2.24, 2.45) is 0 Å². The number of likely N-dealkylation sites (N-methyl/N-ethyl adjacent to an activating group) is 1. The molecule has 0 radical (unpaired) electrons. The summed E-state index contributed by atoms with van der Waals surface area (Å²) in [6.07, 6.45) is 0. The Balaban J connectivity index is 0.000000400. The first kappa shape index (κ1) is 21.4. The molecule has 1 rings (SSSR count). The summed E-state index contributed by atoms with van der Waals surface area (Å²) in [6.45, 7) is 4.57. The van der Waals surface area contributed by atoms with Crippen LogP contribution in [0.1, 0.15) is 6.92 Å². The van der Waals surface area contributed by atoms with Crippen LogP contribution in [0.3, 0.4) is 0 Å². The molecule has 0 fully saturated rings. The van der Waals surface area contributed by atoms with Gasteiger partial charge in [-0.15, -0.1) is 0 Å². The molecule has 0 amide bonds. The highest BCUT2D eigenvalue weighted by atomic mass is 35.5. The Morgan fingerprint density at radius 1 is 0.762 bits per heavy atom. The summed E-state index contributed by atoms with van der Waals surface area (Å²) in [5.74, 6) is -0.363. The second-order valence-electron chi connectivity index (χ2n) is 3.80. The van der Waals surface area contributed by atoms with Crippen molar-refractivity contribution >= 4 is 58.0 Å². The van der Waals surface area contributed by atoms with E-state index in [2.05, 4.69) is 0 Å². The third-order valence-electron chi connectivity index (χ3n) is 2.47. The summed E-state index contributed by atoms with van der Waals surface area (Å²) in [5.41, 5.74) is 0. The molecule has 0 aromatic heterocycles. The van der Waals surface area contributed by atoms with E-state index in [1.165, 1.54) is 0 Å². The molecule has 0 heterocycles. The average Bonchev–Trinajstić information content (AvgIpc) is 2.49. The molecule has 21 heavy (non-hydrogen) atoms. The molecule has 0 unspecified atom stereocenters. The number of phenols is 1. The Morgan fingerprint density at radius 2 is 1.10 bits per heavy atom. The topological polar surface area (TPSA) is 63.9 Å². The van der Waals surface area contributed by atoms with Crippen molar-refractivity contribution in [2.75, 3.05) is 32.8 Å². The van der Waals surface area contributed by atoms with Crippen LogP contribution < -0.4 is 0 Å². The molecule has 0 aliphatic heterocycles. The maximum Gasteiger partial charge on any atom is 0.155 e. The predicted octanol–water partition coefficient (Wildman–Crippen LogP) is 3.95. The van der Waals surface area contributed by atoms with E-state index in [9.17, 15) is 5.11 Å². The van der Waals surface area contributed by atoms with E-state index in [1.54, 1.807) is 0 Å². The van der Waals surface area contributed by atoms with Crippen molar-refractivity contribution in [1.82, 2.24) is 4.90 Å². The Kier molecular flexibility index (Phi) is 11.2. The first-order valence-corrected chi connectivity index (χ1v) is 7.85. The van der Waals surface area contributed by atoms with E-state index in [-0.39, 0.29) is 44.1 Å². The SMILES string of the molecule is CCN(CCO)CCO.Oc1c(Cl)c(Cl)c(Cl)c(Cl)c1Cl. The van der Waals surface area contributed by atoms with Gasteiger partial charge >= 0.3 is 0 Å². The summed E-state index contributed by atoms with van der Waals surface area (Å²) >= 11 is 27.9. The van der Waals surface area contributed by atoms with Gasteiger partial charge in [-0.1, -0.05) is 64.9 Å². The molecule has 4 nitrogen and oxygen atoms in total. The number of nitrogens with zero attached hydrogens (tertiary/aromatic N) is 1. The van der Waals surface area contributed by atoms with Crippen LogP contribution in [0.15, 0.2) is 0 Å². The highest BCUT2D eigenvalue weighted by molar-refractivity contribution is 6.55. The first-order valence-electron chi connectivity index (χ1n) is 5.96. The number of aliphatic hydroxyl groups is 2. The maximum absolute atomic E-state index is 9.20. The molecule has 122 valence electrons. The Morgan fingerprint density at radius 3 is 1.38 bits per heavy atom. The summed E-state index contributed by atoms with van der Waals surface area (Å²) < 4.78 is 0. The normalized spacial score (nSPS) is 10.5. The van der Waals surface area contributed by atoms with Gasteiger partial charge < -0.3 is 15.3 Å². The number of hydrogen-bond acceptors (Lipinski definition) is 4. The summed E-state index contributed by atoms with van der Waals surface area (Å²) in [6, 6.07) is 0. The number of aliphatic hydroxyl groups excluding tert-OH is 2. The van der Waals surface area contributed by atoms with Gasteiger partial charge in [0.15, 0.2) is 5.75 Å². The molecule has 0 saturated carbocycles. The lowest BCUT2D eigenvalue weighted by Gasteiger charge is -2.16. The van der Waals surface area contributed by atoms with Gasteiger partial charge in [0.25, 0.3) is 0 Å². The second-order valence-corrected chi connectivity index (χ2v) is 5.69. The van der Waals surface area contributed by atoms with E-state index in [1.807, 2.05) is 11.8 Å². The molecule has 1 aromatic rings. The van der Waals surface area contributed by atoms with E-state index in [0.29, 0.717) is 13.1 Å². The van der Waals surface area contributed by atoms with Gasteiger partial charge in [0, 0.05) is 13.1 Å². The highest BCUT2D eigenvalue weighted by Gasteiger charge is 2.18. The van der Waals surface area contributed by atoms with Crippen molar-refractivity contribution in [1.29, 1.82) is 0 Å². The van der Waals surface area contributed by atoms with Gasteiger partial charge in [-0.05, 0) is 6.54 Å². The van der Waals surface area contributed by atoms with E-state index < -0.39 is 0 Å². The van der Waals surface area contributed by atoms with Gasteiger partial charge in [0.1, 0.15) is 10.0 Å². The number of benzene rings is 1. The molecule has 1 aromatic carbocycles. The van der Waals surface area contributed by atoms with E-state index in [0.717, 1.165) is 6.54 Å². The highest BCUT2D eigenvalue weighted by Crippen LogP contribution is 2.47. The van der Waals surface area contributed by atoms with Gasteiger partial charge in [-0.3, -0.25) is 4.90 Å². The van der Waals surface area contributed by atoms with Crippen LogP contribution in [-0.4, -0.2) is 53.1 Å². The van der Waals surface area contributed by atoms with Crippen molar-refractivity contribution in [3.05, 3.63) is 25.1 Å². The fourth-order valence-corrected chi connectivity index (χ4v) is 2.43. The van der Waals surface area contributed by atoms with Gasteiger partial charge in [-0.25, -0.2) is 0 Å².